The van der Waals surface area contributed by atoms with Gasteiger partial charge in [0.15, 0.2) is 0 Å². The summed E-state index contributed by atoms with van der Waals surface area (Å²) in [5, 5.41) is 0. The molecule has 0 saturated heterocycles. The fourth-order valence-electron chi connectivity index (χ4n) is 2.37. The number of fused-ring (bicyclic) bond motifs is 1. The van der Waals surface area contributed by atoms with E-state index in [1.165, 1.54) is 0 Å². The highest BCUT2D eigenvalue weighted by Crippen LogP contribution is 2.23. The molecule has 5 heteroatoms. The normalized spacial score (nSPS) is 12.5. The number of nitrogens with one attached hydrogen (secondary N) is 2. The molecule has 0 amide bonds. The molecular weight excluding hydrogens is 266 g/mol. The third kappa shape index (κ3) is 2.68. The van der Waals surface area contributed by atoms with Gasteiger partial charge in [-0.2, -0.15) is 0 Å². The van der Waals surface area contributed by atoms with Gasteiger partial charge in [-0.05, 0) is 42.3 Å². The molecule has 0 aliphatic rings. The molecule has 1 unspecified atom stereocenters. The standard InChI is InChI=1S/C16H17N3O2/c1-2-21-12-6-3-10(4-7-12)15(17)11-5-8-13-14(9-11)19-16(20)18-13/h3-9,15H,2,17H2,1H3,(H2,18,19,20). The van der Waals surface area contributed by atoms with E-state index >= 15 is 0 Å². The van der Waals surface area contributed by atoms with Crippen LogP contribution < -0.4 is 16.2 Å². The summed E-state index contributed by atoms with van der Waals surface area (Å²) in [4.78, 5) is 16.7. The predicted molar refractivity (Wildman–Crippen MR) is 82.6 cm³/mol. The Morgan fingerprint density at radius 1 is 1.05 bits per heavy atom. The fourth-order valence-corrected chi connectivity index (χ4v) is 2.37. The van der Waals surface area contributed by atoms with E-state index in [2.05, 4.69) is 9.97 Å². The van der Waals surface area contributed by atoms with Gasteiger partial charge in [0.05, 0.1) is 23.7 Å². The van der Waals surface area contributed by atoms with Crippen LogP contribution >= 0.6 is 0 Å². The quantitative estimate of drug-likeness (QED) is 0.687. The minimum atomic E-state index is -0.247. The highest BCUT2D eigenvalue weighted by Gasteiger charge is 2.10. The Labute approximate surface area is 121 Å². The Hall–Kier alpha value is -2.53. The first-order chi connectivity index (χ1) is 10.2. The monoisotopic (exact) mass is 283 g/mol. The molecule has 3 rings (SSSR count). The summed E-state index contributed by atoms with van der Waals surface area (Å²) in [5.41, 5.74) is 9.57. The second kappa shape index (κ2) is 5.46. The molecule has 2 aromatic carbocycles. The van der Waals surface area contributed by atoms with Gasteiger partial charge in [-0.25, -0.2) is 4.79 Å². The van der Waals surface area contributed by atoms with E-state index in [1.807, 2.05) is 49.4 Å². The number of aromatic nitrogens is 2. The van der Waals surface area contributed by atoms with Crippen molar-refractivity contribution in [2.45, 2.75) is 13.0 Å². The average molecular weight is 283 g/mol. The van der Waals surface area contributed by atoms with Crippen molar-refractivity contribution < 1.29 is 4.74 Å². The van der Waals surface area contributed by atoms with Crippen molar-refractivity contribution in [3.05, 3.63) is 64.1 Å². The molecule has 21 heavy (non-hydrogen) atoms. The number of hydrogen-bond donors (Lipinski definition) is 3. The van der Waals surface area contributed by atoms with Crippen LogP contribution in [0.4, 0.5) is 0 Å². The Balaban J connectivity index is 1.91. The zero-order valence-corrected chi connectivity index (χ0v) is 11.7. The molecule has 3 aromatic rings. The third-order valence-electron chi connectivity index (χ3n) is 3.45. The topological polar surface area (TPSA) is 83.9 Å². The lowest BCUT2D eigenvalue weighted by molar-refractivity contribution is 0.340. The zero-order valence-electron chi connectivity index (χ0n) is 11.7. The zero-order chi connectivity index (χ0) is 14.8. The van der Waals surface area contributed by atoms with Crippen LogP contribution in [0.25, 0.3) is 11.0 Å². The summed E-state index contributed by atoms with van der Waals surface area (Å²) in [5.74, 6) is 0.832. The smallest absolute Gasteiger partial charge is 0.323 e. The van der Waals surface area contributed by atoms with Gasteiger partial charge in [-0.1, -0.05) is 18.2 Å². The number of aromatic amines is 2. The van der Waals surface area contributed by atoms with Crippen molar-refractivity contribution in [1.82, 2.24) is 9.97 Å². The van der Waals surface area contributed by atoms with E-state index in [9.17, 15) is 4.79 Å². The van der Waals surface area contributed by atoms with Crippen molar-refractivity contribution in [1.29, 1.82) is 0 Å². The third-order valence-corrected chi connectivity index (χ3v) is 3.45. The number of benzene rings is 2. The van der Waals surface area contributed by atoms with E-state index in [1.54, 1.807) is 0 Å². The fraction of sp³-hybridized carbons (Fsp3) is 0.188. The van der Waals surface area contributed by atoms with E-state index in [0.717, 1.165) is 27.9 Å². The molecule has 1 heterocycles. The molecule has 0 bridgehead atoms. The first-order valence-electron chi connectivity index (χ1n) is 6.87. The Kier molecular flexibility index (Phi) is 3.50. The second-order valence-corrected chi connectivity index (χ2v) is 4.86. The van der Waals surface area contributed by atoms with Crippen LogP contribution in [0.3, 0.4) is 0 Å². The molecule has 0 aliphatic carbocycles. The molecule has 0 spiro atoms. The minimum Gasteiger partial charge on any atom is -0.494 e. The molecule has 0 fully saturated rings. The molecule has 4 N–H and O–H groups in total. The van der Waals surface area contributed by atoms with Crippen LogP contribution in [0.2, 0.25) is 0 Å². The average Bonchev–Trinajstić information content (AvgIpc) is 2.86. The summed E-state index contributed by atoms with van der Waals surface area (Å²) in [6, 6.07) is 13.2. The highest BCUT2D eigenvalue weighted by atomic mass is 16.5. The summed E-state index contributed by atoms with van der Waals surface area (Å²) in [6.07, 6.45) is 0. The van der Waals surface area contributed by atoms with Gasteiger partial charge in [0.1, 0.15) is 5.75 Å². The molecule has 0 saturated carbocycles. The summed E-state index contributed by atoms with van der Waals surface area (Å²) in [6.45, 7) is 2.59. The number of rotatable bonds is 4. The SMILES string of the molecule is CCOc1ccc(C(N)c2ccc3[nH]c(=O)[nH]c3c2)cc1. The van der Waals surface area contributed by atoms with Crippen LogP contribution in [0, 0.1) is 0 Å². The molecule has 5 nitrogen and oxygen atoms in total. The largest absolute Gasteiger partial charge is 0.494 e. The van der Waals surface area contributed by atoms with Crippen molar-refractivity contribution in [3.63, 3.8) is 0 Å². The predicted octanol–water partition coefficient (Wildman–Crippen LogP) is 2.30. The maximum Gasteiger partial charge on any atom is 0.323 e. The van der Waals surface area contributed by atoms with Crippen LogP contribution in [-0.2, 0) is 0 Å². The van der Waals surface area contributed by atoms with Crippen molar-refractivity contribution in [2.24, 2.45) is 5.73 Å². The van der Waals surface area contributed by atoms with E-state index in [-0.39, 0.29) is 11.7 Å². The molecule has 1 aromatic heterocycles. The van der Waals surface area contributed by atoms with Crippen molar-refractivity contribution in [3.8, 4) is 5.75 Å². The maximum atomic E-state index is 11.3. The lowest BCUT2D eigenvalue weighted by Gasteiger charge is -2.13. The highest BCUT2D eigenvalue weighted by molar-refractivity contribution is 5.75. The van der Waals surface area contributed by atoms with Gasteiger partial charge in [0.25, 0.3) is 0 Å². The van der Waals surface area contributed by atoms with Gasteiger partial charge < -0.3 is 20.4 Å². The lowest BCUT2D eigenvalue weighted by Crippen LogP contribution is -2.11. The number of nitrogens with two attached hydrogens (primary N) is 1. The maximum absolute atomic E-state index is 11.3. The van der Waals surface area contributed by atoms with Gasteiger partial charge in [-0.3, -0.25) is 0 Å². The molecule has 0 radical (unpaired) electrons. The summed E-state index contributed by atoms with van der Waals surface area (Å²) < 4.78 is 5.42. The minimum absolute atomic E-state index is 0.211. The van der Waals surface area contributed by atoms with Crippen LogP contribution in [0.1, 0.15) is 24.1 Å². The number of imidazole rings is 1. The van der Waals surface area contributed by atoms with E-state index in [4.69, 9.17) is 10.5 Å². The Morgan fingerprint density at radius 3 is 2.43 bits per heavy atom. The molecule has 1 atom stereocenters. The van der Waals surface area contributed by atoms with E-state index < -0.39 is 0 Å². The molecule has 108 valence electrons. The van der Waals surface area contributed by atoms with Crippen molar-refractivity contribution >= 4 is 11.0 Å². The summed E-state index contributed by atoms with van der Waals surface area (Å²) >= 11 is 0. The Bertz CT molecular complexity index is 802. The molecule has 0 aliphatic heterocycles. The first kappa shape index (κ1) is 13.5. The second-order valence-electron chi connectivity index (χ2n) is 4.86. The Morgan fingerprint density at radius 2 is 1.71 bits per heavy atom. The number of hydrogen-bond acceptors (Lipinski definition) is 3. The summed E-state index contributed by atoms with van der Waals surface area (Å²) in [7, 11) is 0. The number of ether oxygens (including phenoxy) is 1. The van der Waals surface area contributed by atoms with Gasteiger partial charge >= 0.3 is 5.69 Å². The first-order valence-corrected chi connectivity index (χ1v) is 6.87. The van der Waals surface area contributed by atoms with Gasteiger partial charge in [-0.15, -0.1) is 0 Å². The lowest BCUT2D eigenvalue weighted by atomic mass is 9.99. The molecular formula is C16H17N3O2. The van der Waals surface area contributed by atoms with Crippen LogP contribution in [-0.4, -0.2) is 16.6 Å². The number of H-pyrrole nitrogens is 2. The van der Waals surface area contributed by atoms with Crippen LogP contribution in [0.15, 0.2) is 47.3 Å². The van der Waals surface area contributed by atoms with Crippen LogP contribution in [0.5, 0.6) is 5.75 Å². The van der Waals surface area contributed by atoms with Crippen molar-refractivity contribution in [2.75, 3.05) is 6.61 Å². The van der Waals surface area contributed by atoms with Gasteiger partial charge in [0.2, 0.25) is 0 Å². The van der Waals surface area contributed by atoms with Gasteiger partial charge in [0, 0.05) is 0 Å². The van der Waals surface area contributed by atoms with E-state index in [0.29, 0.717) is 6.61 Å².